The largest absolute Gasteiger partial charge is 0.484 e. The van der Waals surface area contributed by atoms with E-state index in [1.807, 2.05) is 32.0 Å². The SMILES string of the molecule is COP(=O)(OC)C1N2C(=O)C(NC(=O)COc3ccccc3)[C@@H]2SC1(C)C. The van der Waals surface area contributed by atoms with Crippen molar-refractivity contribution in [3.63, 3.8) is 0 Å². The molecule has 0 spiro atoms. The molecule has 1 N–H and O–H groups in total. The Morgan fingerprint density at radius 2 is 1.89 bits per heavy atom. The van der Waals surface area contributed by atoms with Crippen LogP contribution in [0.25, 0.3) is 0 Å². The molecule has 8 nitrogen and oxygen atoms in total. The summed E-state index contributed by atoms with van der Waals surface area (Å²) >= 11 is 1.47. The van der Waals surface area contributed by atoms with Crippen LogP contribution >= 0.6 is 19.4 Å². The number of fused-ring (bicyclic) bond motifs is 1. The van der Waals surface area contributed by atoms with Gasteiger partial charge in [0.2, 0.25) is 5.91 Å². The number of β-lactam (4-membered cyclic amide) rings is 1. The number of nitrogens with zero attached hydrogens (tertiary/aromatic N) is 1. The minimum absolute atomic E-state index is 0.188. The fourth-order valence-corrected chi connectivity index (χ4v) is 7.45. The number of carbonyl (C=O) groups excluding carboxylic acids is 2. The molecule has 3 rings (SSSR count). The lowest BCUT2D eigenvalue weighted by Crippen LogP contribution is -2.69. The average molecular weight is 414 g/mol. The van der Waals surface area contributed by atoms with E-state index in [2.05, 4.69) is 5.32 Å². The Morgan fingerprint density at radius 3 is 2.48 bits per heavy atom. The first kappa shape index (κ1) is 20.2. The second-order valence-electron chi connectivity index (χ2n) is 6.78. The minimum Gasteiger partial charge on any atom is -0.484 e. The molecule has 0 radical (unpaired) electrons. The number of para-hydroxylation sites is 1. The number of ether oxygens (including phenoxy) is 1. The Kier molecular flexibility index (Phi) is 5.59. The topological polar surface area (TPSA) is 94.2 Å². The zero-order valence-electron chi connectivity index (χ0n) is 15.6. The van der Waals surface area contributed by atoms with Crippen molar-refractivity contribution < 1.29 is 27.9 Å². The van der Waals surface area contributed by atoms with Gasteiger partial charge in [-0.05, 0) is 26.0 Å². The van der Waals surface area contributed by atoms with E-state index in [4.69, 9.17) is 13.8 Å². The predicted octanol–water partition coefficient (Wildman–Crippen LogP) is 2.06. The van der Waals surface area contributed by atoms with Crippen LogP contribution < -0.4 is 10.1 Å². The molecule has 2 heterocycles. The molecule has 0 saturated carbocycles. The Bertz CT molecular complexity index is 766. The smallest absolute Gasteiger partial charge is 0.353 e. The van der Waals surface area contributed by atoms with Crippen molar-refractivity contribution in [2.75, 3.05) is 20.8 Å². The lowest BCUT2D eigenvalue weighted by atomic mass is 10.0. The Balaban J connectivity index is 1.65. The summed E-state index contributed by atoms with van der Waals surface area (Å²) in [6.07, 6.45) is 0. The van der Waals surface area contributed by atoms with E-state index in [1.54, 1.807) is 12.1 Å². The van der Waals surface area contributed by atoms with E-state index in [0.717, 1.165) is 0 Å². The normalized spacial score (nSPS) is 26.3. The summed E-state index contributed by atoms with van der Waals surface area (Å²) < 4.78 is 28.0. The van der Waals surface area contributed by atoms with Crippen molar-refractivity contribution in [2.45, 2.75) is 35.8 Å². The van der Waals surface area contributed by atoms with Gasteiger partial charge >= 0.3 is 7.60 Å². The van der Waals surface area contributed by atoms with Gasteiger partial charge < -0.3 is 24.0 Å². The Morgan fingerprint density at radius 1 is 1.26 bits per heavy atom. The number of rotatable bonds is 7. The summed E-state index contributed by atoms with van der Waals surface area (Å²) in [5, 5.41) is 2.38. The fraction of sp³-hybridized carbons (Fsp3) is 0.529. The third-order valence-electron chi connectivity index (χ3n) is 4.63. The Labute approximate surface area is 162 Å². The van der Waals surface area contributed by atoms with Crippen molar-refractivity contribution in [1.29, 1.82) is 0 Å². The van der Waals surface area contributed by atoms with Crippen molar-refractivity contribution in [3.05, 3.63) is 30.3 Å². The maximum atomic E-state index is 12.9. The number of thioether (sulfide) groups is 1. The van der Waals surface area contributed by atoms with E-state index < -0.39 is 24.2 Å². The molecule has 3 atom stereocenters. The lowest BCUT2D eigenvalue weighted by molar-refractivity contribution is -0.149. The quantitative estimate of drug-likeness (QED) is 0.539. The summed E-state index contributed by atoms with van der Waals surface area (Å²) in [5.41, 5.74) is 0. The highest BCUT2D eigenvalue weighted by Crippen LogP contribution is 2.66. The second kappa shape index (κ2) is 7.47. The van der Waals surface area contributed by atoms with Gasteiger partial charge in [0.15, 0.2) is 6.61 Å². The zero-order chi connectivity index (χ0) is 19.8. The highest BCUT2D eigenvalue weighted by molar-refractivity contribution is 8.02. The van der Waals surface area contributed by atoms with Gasteiger partial charge in [-0.15, -0.1) is 11.8 Å². The molecule has 1 aromatic carbocycles. The van der Waals surface area contributed by atoms with E-state index in [1.165, 1.54) is 30.9 Å². The van der Waals surface area contributed by atoms with Gasteiger partial charge in [0.1, 0.15) is 22.9 Å². The molecule has 2 amide bonds. The van der Waals surface area contributed by atoms with Crippen LogP contribution in [0.5, 0.6) is 5.75 Å². The molecule has 2 unspecified atom stereocenters. The highest BCUT2D eigenvalue weighted by atomic mass is 32.2. The van der Waals surface area contributed by atoms with Gasteiger partial charge in [-0.2, -0.15) is 0 Å². The molecular formula is C17H23N2O6PS. The molecule has 148 valence electrons. The first-order chi connectivity index (χ1) is 12.7. The number of nitrogens with one attached hydrogen (secondary N) is 1. The molecule has 10 heteroatoms. The molecule has 1 aromatic rings. The van der Waals surface area contributed by atoms with Crippen LogP contribution in [-0.4, -0.2) is 59.5 Å². The first-order valence-corrected chi connectivity index (χ1v) is 10.9. The predicted molar refractivity (Wildman–Crippen MR) is 102 cm³/mol. The molecule has 2 saturated heterocycles. The summed E-state index contributed by atoms with van der Waals surface area (Å²) in [4.78, 5) is 26.3. The van der Waals surface area contributed by atoms with E-state index >= 15 is 0 Å². The van der Waals surface area contributed by atoms with Crippen LogP contribution in [0.2, 0.25) is 0 Å². The summed E-state index contributed by atoms with van der Waals surface area (Å²) in [7, 11) is -0.880. The molecule has 0 aromatic heterocycles. The van der Waals surface area contributed by atoms with Crippen LogP contribution in [-0.2, 0) is 23.2 Å². The van der Waals surface area contributed by atoms with E-state index in [-0.39, 0.29) is 23.8 Å². The maximum Gasteiger partial charge on any atom is 0.353 e. The van der Waals surface area contributed by atoms with Crippen LogP contribution in [0.3, 0.4) is 0 Å². The van der Waals surface area contributed by atoms with Gasteiger partial charge in [-0.3, -0.25) is 14.2 Å². The van der Waals surface area contributed by atoms with Gasteiger partial charge in [-0.1, -0.05) is 18.2 Å². The standard InChI is InChI=1S/C17H23N2O6PS/c1-17(2)16(26(22,23-3)24-4)19-14(21)13(15(19)27-17)18-12(20)10-25-11-8-6-5-7-9-11/h5-9,13,15-16H,10H2,1-4H3,(H,18,20)/t13?,15-,16?/m0/s1. The van der Waals surface area contributed by atoms with Crippen molar-refractivity contribution in [1.82, 2.24) is 10.2 Å². The van der Waals surface area contributed by atoms with Crippen LogP contribution in [0.4, 0.5) is 0 Å². The fourth-order valence-electron chi connectivity index (χ4n) is 3.40. The van der Waals surface area contributed by atoms with Gasteiger partial charge in [0, 0.05) is 19.0 Å². The second-order valence-corrected chi connectivity index (χ2v) is 10.9. The number of hydrogen-bond donors (Lipinski definition) is 1. The van der Waals surface area contributed by atoms with Crippen molar-refractivity contribution in [2.24, 2.45) is 0 Å². The number of benzene rings is 1. The van der Waals surface area contributed by atoms with Crippen LogP contribution in [0, 0.1) is 0 Å². The monoisotopic (exact) mass is 414 g/mol. The van der Waals surface area contributed by atoms with Crippen LogP contribution in [0.1, 0.15) is 13.8 Å². The summed E-state index contributed by atoms with van der Waals surface area (Å²) in [6.45, 7) is 3.58. The number of carbonyl (C=O) groups is 2. The molecule has 0 bridgehead atoms. The molecule has 0 aliphatic carbocycles. The van der Waals surface area contributed by atoms with E-state index in [9.17, 15) is 14.2 Å². The molecule has 2 aliphatic heterocycles. The molecule has 2 fully saturated rings. The first-order valence-electron chi connectivity index (χ1n) is 8.42. The molecule has 2 aliphatic rings. The van der Waals surface area contributed by atoms with Crippen molar-refractivity contribution >= 4 is 31.2 Å². The van der Waals surface area contributed by atoms with Gasteiger partial charge in [0.25, 0.3) is 5.91 Å². The average Bonchev–Trinajstić information content (AvgIpc) is 2.93. The van der Waals surface area contributed by atoms with E-state index in [0.29, 0.717) is 5.75 Å². The third-order valence-corrected chi connectivity index (χ3v) is 8.89. The van der Waals surface area contributed by atoms with Crippen LogP contribution in [0.15, 0.2) is 30.3 Å². The Hall–Kier alpha value is -1.54. The highest BCUT2D eigenvalue weighted by Gasteiger charge is 2.67. The van der Waals surface area contributed by atoms with Crippen molar-refractivity contribution in [3.8, 4) is 5.75 Å². The molecular weight excluding hydrogens is 391 g/mol. The van der Waals surface area contributed by atoms with Gasteiger partial charge in [0.05, 0.1) is 0 Å². The summed E-state index contributed by atoms with van der Waals surface area (Å²) in [6, 6.07) is 8.27. The third kappa shape index (κ3) is 3.61. The lowest BCUT2D eigenvalue weighted by Gasteiger charge is -2.45. The van der Waals surface area contributed by atoms with Gasteiger partial charge in [-0.25, -0.2) is 0 Å². The minimum atomic E-state index is -3.50. The number of amides is 2. The zero-order valence-corrected chi connectivity index (χ0v) is 17.3. The molecule has 27 heavy (non-hydrogen) atoms. The number of hydrogen-bond acceptors (Lipinski definition) is 7. The maximum absolute atomic E-state index is 12.9. The summed E-state index contributed by atoms with van der Waals surface area (Å²) in [5.74, 6) is -0.825.